The van der Waals surface area contributed by atoms with Crippen LogP contribution in [0.5, 0.6) is 5.75 Å². The number of methoxy groups -OCH3 is 1. The second-order valence-electron chi connectivity index (χ2n) is 17.0. The summed E-state index contributed by atoms with van der Waals surface area (Å²) in [4.78, 5) is 15.4. The summed E-state index contributed by atoms with van der Waals surface area (Å²) in [5.41, 5.74) is 11.7. The lowest BCUT2D eigenvalue weighted by molar-refractivity contribution is 0.0851. The Labute approximate surface area is 374 Å². The first-order chi connectivity index (χ1) is 31.4. The SMILES string of the molecule is COc1ccc(-n2c(-c3ccc4c(c3)c3ccccc3n4Cc3cn(CCOCCO)nn3)nc(-c3ccc(N4CCN(C)CC4)cc3)c2-c2ccc(N3CCN(C)CC3)cc2)cc1. The highest BCUT2D eigenvalue weighted by Gasteiger charge is 2.25. The molecule has 2 saturated heterocycles. The summed E-state index contributed by atoms with van der Waals surface area (Å²) in [5, 5.41) is 20.3. The lowest BCUT2D eigenvalue weighted by atomic mass is 10.0. The van der Waals surface area contributed by atoms with Crippen LogP contribution in [0.25, 0.3) is 61.4 Å². The fraction of sp³-hybridized carbons (Fsp3) is 0.314. The number of fused-ring (bicyclic) bond motifs is 3. The van der Waals surface area contributed by atoms with E-state index >= 15 is 0 Å². The van der Waals surface area contributed by atoms with Crippen molar-refractivity contribution in [2.45, 2.75) is 13.1 Å². The summed E-state index contributed by atoms with van der Waals surface area (Å²) in [5.74, 6) is 1.65. The standard InChI is InChI=1S/C51H56N10O3/c1-55-22-26-57(27-23-55)41-13-8-37(9-14-41)49-50(38-10-15-42(16-11-38)58-28-24-56(2)25-29-58)61(43-17-19-44(63-3)20-18-43)51(52-49)39-12-21-48-46(34-39)45-6-4-5-7-47(45)60(48)36-40-35-59(54-53-40)30-32-64-33-31-62/h4-21,34-35,62H,22-33,36H2,1-3H3. The lowest BCUT2D eigenvalue weighted by Gasteiger charge is -2.34. The molecule has 10 rings (SSSR count). The quantitative estimate of drug-likeness (QED) is 0.114. The van der Waals surface area contributed by atoms with E-state index in [2.05, 4.69) is 156 Å². The normalized spacial score (nSPS) is 15.2. The van der Waals surface area contributed by atoms with Gasteiger partial charge in [0.2, 0.25) is 0 Å². The van der Waals surface area contributed by atoms with Crippen LogP contribution in [0.4, 0.5) is 11.4 Å². The molecule has 2 aliphatic heterocycles. The number of imidazole rings is 1. The van der Waals surface area contributed by atoms with E-state index in [1.165, 1.54) is 11.4 Å². The molecule has 2 fully saturated rings. The van der Waals surface area contributed by atoms with Crippen molar-refractivity contribution in [2.24, 2.45) is 0 Å². The minimum atomic E-state index is 0.000186. The average molecular weight is 857 g/mol. The number of aliphatic hydroxyl groups is 1. The van der Waals surface area contributed by atoms with Crippen molar-refractivity contribution in [1.29, 1.82) is 0 Å². The fourth-order valence-corrected chi connectivity index (χ4v) is 9.22. The second-order valence-corrected chi connectivity index (χ2v) is 17.0. The van der Waals surface area contributed by atoms with E-state index in [-0.39, 0.29) is 6.61 Å². The number of piperazine rings is 2. The molecule has 3 aromatic heterocycles. The Balaban J connectivity index is 1.11. The van der Waals surface area contributed by atoms with E-state index in [0.29, 0.717) is 26.3 Å². The highest BCUT2D eigenvalue weighted by molar-refractivity contribution is 6.09. The van der Waals surface area contributed by atoms with Crippen molar-refractivity contribution in [3.63, 3.8) is 0 Å². The number of rotatable bonds is 14. The van der Waals surface area contributed by atoms with Crippen molar-refractivity contribution < 1.29 is 14.6 Å². The molecule has 0 aliphatic carbocycles. The predicted octanol–water partition coefficient (Wildman–Crippen LogP) is 7.14. The first-order valence-corrected chi connectivity index (χ1v) is 22.4. The van der Waals surface area contributed by atoms with E-state index in [1.54, 1.807) is 11.8 Å². The van der Waals surface area contributed by atoms with Gasteiger partial charge in [0.25, 0.3) is 0 Å². The Bertz CT molecular complexity index is 2830. The number of anilines is 2. The number of likely N-dealkylation sites (N-methyl/N-ethyl adjacent to an activating group) is 2. The number of para-hydroxylation sites is 1. The summed E-state index contributed by atoms with van der Waals surface area (Å²) < 4.78 is 17.6. The molecular weight excluding hydrogens is 801 g/mol. The minimum absolute atomic E-state index is 0.000186. The van der Waals surface area contributed by atoms with Crippen molar-refractivity contribution in [2.75, 3.05) is 103 Å². The van der Waals surface area contributed by atoms with Crippen molar-refractivity contribution in [1.82, 2.24) is 38.9 Å². The number of benzene rings is 5. The molecule has 1 N–H and O–H groups in total. The van der Waals surface area contributed by atoms with E-state index < -0.39 is 0 Å². The van der Waals surface area contributed by atoms with Gasteiger partial charge in [0.15, 0.2) is 0 Å². The Morgan fingerprint density at radius 1 is 0.625 bits per heavy atom. The van der Waals surface area contributed by atoms with Crippen LogP contribution in [0, 0.1) is 0 Å². The van der Waals surface area contributed by atoms with Crippen LogP contribution in [-0.4, -0.2) is 137 Å². The molecule has 0 bridgehead atoms. The van der Waals surface area contributed by atoms with Gasteiger partial charge in [-0.2, -0.15) is 0 Å². The second kappa shape index (κ2) is 18.3. The van der Waals surface area contributed by atoms with Gasteiger partial charge in [-0.1, -0.05) is 47.7 Å². The van der Waals surface area contributed by atoms with Gasteiger partial charge in [0.1, 0.15) is 17.3 Å². The average Bonchev–Trinajstić information content (AvgIpc) is 4.06. The molecule has 5 aromatic carbocycles. The Hall–Kier alpha value is -6.51. The number of aliphatic hydroxyl groups excluding tert-OH is 1. The Kier molecular flexibility index (Phi) is 11.9. The van der Waals surface area contributed by atoms with E-state index in [0.717, 1.165) is 125 Å². The molecule has 328 valence electrons. The molecule has 13 nitrogen and oxygen atoms in total. The van der Waals surface area contributed by atoms with E-state index in [4.69, 9.17) is 19.6 Å². The predicted molar refractivity (Wildman–Crippen MR) is 256 cm³/mol. The molecule has 0 amide bonds. The number of hydrogen-bond acceptors (Lipinski definition) is 10. The summed E-state index contributed by atoms with van der Waals surface area (Å²) in [7, 11) is 6.10. The molecule has 5 heterocycles. The smallest absolute Gasteiger partial charge is 0.145 e. The van der Waals surface area contributed by atoms with Crippen LogP contribution in [-0.2, 0) is 17.8 Å². The number of nitrogens with zero attached hydrogens (tertiary/aromatic N) is 10. The van der Waals surface area contributed by atoms with Crippen LogP contribution >= 0.6 is 0 Å². The molecule has 0 saturated carbocycles. The van der Waals surface area contributed by atoms with Crippen LogP contribution < -0.4 is 14.5 Å². The summed E-state index contributed by atoms with van der Waals surface area (Å²) in [6.07, 6.45) is 1.97. The maximum atomic E-state index is 9.09. The molecule has 0 spiro atoms. The third kappa shape index (κ3) is 8.35. The minimum Gasteiger partial charge on any atom is -0.497 e. The number of ether oxygens (including phenoxy) is 2. The van der Waals surface area contributed by atoms with Gasteiger partial charge < -0.3 is 38.7 Å². The molecule has 0 atom stereocenters. The highest BCUT2D eigenvalue weighted by atomic mass is 16.5. The third-order valence-electron chi connectivity index (χ3n) is 12.9. The van der Waals surface area contributed by atoms with Gasteiger partial charge in [-0.05, 0) is 86.9 Å². The van der Waals surface area contributed by atoms with Crippen LogP contribution in [0.15, 0.2) is 121 Å². The molecule has 2 aliphatic rings. The number of aromatic nitrogens is 6. The first kappa shape index (κ1) is 41.5. The monoisotopic (exact) mass is 856 g/mol. The largest absolute Gasteiger partial charge is 0.497 e. The van der Waals surface area contributed by atoms with Crippen molar-refractivity contribution in [3.8, 4) is 45.3 Å². The van der Waals surface area contributed by atoms with Gasteiger partial charge in [-0.15, -0.1) is 5.10 Å². The molecule has 13 heteroatoms. The highest BCUT2D eigenvalue weighted by Crippen LogP contribution is 2.41. The first-order valence-electron chi connectivity index (χ1n) is 22.4. The zero-order chi connectivity index (χ0) is 43.6. The fourth-order valence-electron chi connectivity index (χ4n) is 9.22. The van der Waals surface area contributed by atoms with Crippen LogP contribution in [0.1, 0.15) is 5.69 Å². The van der Waals surface area contributed by atoms with Gasteiger partial charge in [0, 0.05) is 108 Å². The maximum absolute atomic E-state index is 9.09. The Morgan fingerprint density at radius 3 is 1.89 bits per heavy atom. The van der Waals surface area contributed by atoms with E-state index in [9.17, 15) is 0 Å². The Morgan fingerprint density at radius 2 is 1.23 bits per heavy atom. The van der Waals surface area contributed by atoms with E-state index in [1.807, 2.05) is 18.3 Å². The zero-order valence-electron chi connectivity index (χ0n) is 37.0. The molecule has 0 unspecified atom stereocenters. The molecule has 64 heavy (non-hydrogen) atoms. The maximum Gasteiger partial charge on any atom is 0.145 e. The van der Waals surface area contributed by atoms with Crippen LogP contribution in [0.3, 0.4) is 0 Å². The van der Waals surface area contributed by atoms with Crippen LogP contribution in [0.2, 0.25) is 0 Å². The molecule has 8 aromatic rings. The third-order valence-corrected chi connectivity index (χ3v) is 12.9. The molecule has 0 radical (unpaired) electrons. The topological polar surface area (TPSA) is 105 Å². The molecular formula is C51H56N10O3. The van der Waals surface area contributed by atoms with Crippen molar-refractivity contribution in [3.05, 3.63) is 127 Å². The summed E-state index contributed by atoms with van der Waals surface area (Å²) in [6, 6.07) is 41.7. The van der Waals surface area contributed by atoms with Gasteiger partial charge in [-0.3, -0.25) is 4.57 Å². The van der Waals surface area contributed by atoms with Gasteiger partial charge in [-0.25, -0.2) is 9.67 Å². The summed E-state index contributed by atoms with van der Waals surface area (Å²) in [6.45, 7) is 10.1. The van der Waals surface area contributed by atoms with Gasteiger partial charge >= 0.3 is 0 Å². The van der Waals surface area contributed by atoms with Gasteiger partial charge in [0.05, 0.1) is 57.6 Å². The zero-order valence-corrected chi connectivity index (χ0v) is 37.0. The van der Waals surface area contributed by atoms with Crippen molar-refractivity contribution >= 4 is 33.2 Å². The number of hydrogen-bond donors (Lipinski definition) is 1. The lowest BCUT2D eigenvalue weighted by Crippen LogP contribution is -2.44. The summed E-state index contributed by atoms with van der Waals surface area (Å²) >= 11 is 0.